The first kappa shape index (κ1) is 18.8. The number of carbonyl (C=O) groups is 4. The van der Waals surface area contributed by atoms with Crippen molar-refractivity contribution in [3.63, 3.8) is 0 Å². The van der Waals surface area contributed by atoms with E-state index >= 15 is 0 Å². The zero-order chi connectivity index (χ0) is 20.8. The fourth-order valence-electron chi connectivity index (χ4n) is 4.37. The summed E-state index contributed by atoms with van der Waals surface area (Å²) >= 11 is 0. The number of barbiturate groups is 1. The molecule has 146 valence electrons. The van der Waals surface area contributed by atoms with Crippen LogP contribution in [-0.2, 0) is 14.4 Å². The van der Waals surface area contributed by atoms with E-state index in [0.717, 1.165) is 15.4 Å². The normalized spacial score (nSPS) is 22.8. The molecule has 1 unspecified atom stereocenters. The second-order valence-corrected chi connectivity index (χ2v) is 7.38. The van der Waals surface area contributed by atoms with Crippen molar-refractivity contribution >= 4 is 29.7 Å². The van der Waals surface area contributed by atoms with Gasteiger partial charge in [0, 0.05) is 32.0 Å². The van der Waals surface area contributed by atoms with Gasteiger partial charge in [-0.2, -0.15) is 0 Å². The minimum Gasteiger partial charge on any atom is -0.294 e. The van der Waals surface area contributed by atoms with Crippen LogP contribution in [0.2, 0.25) is 0 Å². The summed E-state index contributed by atoms with van der Waals surface area (Å²) in [5, 5.41) is 0. The maximum absolute atomic E-state index is 13.5. The minimum absolute atomic E-state index is 0.0238. The van der Waals surface area contributed by atoms with Gasteiger partial charge in [0.15, 0.2) is 11.2 Å². The van der Waals surface area contributed by atoms with Gasteiger partial charge in [0.2, 0.25) is 0 Å². The molecule has 2 fully saturated rings. The predicted molar refractivity (Wildman–Crippen MR) is 107 cm³/mol. The van der Waals surface area contributed by atoms with E-state index in [9.17, 15) is 19.2 Å². The highest BCUT2D eigenvalue weighted by molar-refractivity contribution is 6.28. The molecular formula is C23H20N2O4. The molecule has 29 heavy (non-hydrogen) atoms. The lowest BCUT2D eigenvalue weighted by molar-refractivity contribution is -0.155. The molecule has 1 atom stereocenters. The van der Waals surface area contributed by atoms with Crippen LogP contribution in [0.15, 0.2) is 66.2 Å². The number of hydrogen-bond acceptors (Lipinski definition) is 4. The Morgan fingerprint density at radius 2 is 1.34 bits per heavy atom. The highest BCUT2D eigenvalue weighted by Gasteiger charge is 2.66. The Balaban J connectivity index is 2.00. The molecule has 2 aromatic carbocycles. The summed E-state index contributed by atoms with van der Waals surface area (Å²) in [4.78, 5) is 54.4. The van der Waals surface area contributed by atoms with Gasteiger partial charge in [-0.25, -0.2) is 4.79 Å². The van der Waals surface area contributed by atoms with E-state index in [1.807, 2.05) is 48.5 Å². The van der Waals surface area contributed by atoms with Gasteiger partial charge >= 0.3 is 6.03 Å². The average Bonchev–Trinajstić information content (AvgIpc) is 3.04. The highest BCUT2D eigenvalue weighted by Crippen LogP contribution is 2.55. The number of urea groups is 1. The number of ketones is 1. The van der Waals surface area contributed by atoms with Crippen molar-refractivity contribution in [2.24, 2.45) is 5.41 Å². The summed E-state index contributed by atoms with van der Waals surface area (Å²) in [6.07, 6.45) is 1.63. The Morgan fingerprint density at radius 1 is 0.828 bits per heavy atom. The molecule has 1 aliphatic heterocycles. The van der Waals surface area contributed by atoms with E-state index in [2.05, 4.69) is 0 Å². The molecule has 4 rings (SSSR count). The smallest absolute Gasteiger partial charge is 0.294 e. The van der Waals surface area contributed by atoms with E-state index in [1.165, 1.54) is 14.1 Å². The quantitative estimate of drug-likeness (QED) is 0.586. The van der Waals surface area contributed by atoms with Gasteiger partial charge in [-0.3, -0.25) is 24.2 Å². The van der Waals surface area contributed by atoms with Crippen LogP contribution in [0.1, 0.15) is 23.5 Å². The number of amides is 4. The molecule has 6 nitrogen and oxygen atoms in total. The van der Waals surface area contributed by atoms with Crippen LogP contribution >= 0.6 is 0 Å². The van der Waals surface area contributed by atoms with Crippen molar-refractivity contribution in [3.05, 3.63) is 77.4 Å². The van der Waals surface area contributed by atoms with Crippen LogP contribution in [0, 0.1) is 5.41 Å². The molecule has 1 spiro atoms. The summed E-state index contributed by atoms with van der Waals surface area (Å²) in [5.74, 6) is -2.26. The molecule has 6 heteroatoms. The third-order valence-electron chi connectivity index (χ3n) is 5.81. The maximum Gasteiger partial charge on any atom is 0.332 e. The van der Waals surface area contributed by atoms with E-state index < -0.39 is 29.2 Å². The lowest BCUT2D eigenvalue weighted by atomic mass is 9.68. The third kappa shape index (κ3) is 2.63. The maximum atomic E-state index is 13.5. The van der Waals surface area contributed by atoms with Gasteiger partial charge in [0.05, 0.1) is 0 Å². The number of nitrogens with zero attached hydrogens (tertiary/aromatic N) is 2. The van der Waals surface area contributed by atoms with Gasteiger partial charge in [0.1, 0.15) is 0 Å². The third-order valence-corrected chi connectivity index (χ3v) is 5.81. The van der Waals surface area contributed by atoms with Gasteiger partial charge in [-0.1, -0.05) is 60.7 Å². The van der Waals surface area contributed by atoms with Crippen molar-refractivity contribution in [3.8, 4) is 0 Å². The lowest BCUT2D eigenvalue weighted by Gasteiger charge is -2.43. The predicted octanol–water partition coefficient (Wildman–Crippen LogP) is 2.86. The number of hydrogen-bond donors (Lipinski definition) is 0. The fourth-order valence-corrected chi connectivity index (χ4v) is 4.37. The monoisotopic (exact) mass is 388 g/mol. The Hall–Kier alpha value is -3.54. The summed E-state index contributed by atoms with van der Waals surface area (Å²) in [6.45, 7) is 0. The number of carbonyl (C=O) groups excluding carboxylic acids is 4. The Morgan fingerprint density at radius 3 is 1.90 bits per heavy atom. The second-order valence-electron chi connectivity index (χ2n) is 7.38. The van der Waals surface area contributed by atoms with Crippen LogP contribution in [0.4, 0.5) is 4.79 Å². The summed E-state index contributed by atoms with van der Waals surface area (Å²) in [6, 6.07) is 17.5. The van der Waals surface area contributed by atoms with Gasteiger partial charge in [-0.15, -0.1) is 0 Å². The Bertz CT molecular complexity index is 1020. The van der Waals surface area contributed by atoms with Crippen molar-refractivity contribution in [1.29, 1.82) is 0 Å². The summed E-state index contributed by atoms with van der Waals surface area (Å²) in [7, 11) is 2.70. The largest absolute Gasteiger partial charge is 0.332 e. The van der Waals surface area contributed by atoms with Crippen LogP contribution in [0.3, 0.4) is 0 Å². The summed E-state index contributed by atoms with van der Waals surface area (Å²) < 4.78 is 0. The van der Waals surface area contributed by atoms with Gasteiger partial charge in [0.25, 0.3) is 11.8 Å². The van der Waals surface area contributed by atoms with Crippen LogP contribution < -0.4 is 0 Å². The Kier molecular flexibility index (Phi) is 4.42. The minimum atomic E-state index is -1.76. The molecule has 1 heterocycles. The van der Waals surface area contributed by atoms with E-state index in [4.69, 9.17) is 0 Å². The first-order valence-electron chi connectivity index (χ1n) is 9.34. The molecule has 1 saturated carbocycles. The fraction of sp³-hybridized carbons (Fsp3) is 0.217. The standard InChI is InChI=1S/C23H20N2O4/c1-24-20(27)23(21(28)25(2)22(24)29)17(16-11-7-4-8-12-16)14-19(26)18(23)13-15-9-5-3-6-10-15/h3-13,17H,14H2,1-2H3/b18-13-. The second kappa shape index (κ2) is 6.81. The molecule has 1 saturated heterocycles. The molecular weight excluding hydrogens is 368 g/mol. The Labute approximate surface area is 168 Å². The number of Topliss-reactive ketones (excluding diaryl/α,β-unsaturated/α-hetero) is 1. The highest BCUT2D eigenvalue weighted by atomic mass is 16.2. The van der Waals surface area contributed by atoms with E-state index in [1.54, 1.807) is 18.2 Å². The van der Waals surface area contributed by atoms with E-state index in [-0.39, 0.29) is 17.8 Å². The zero-order valence-corrected chi connectivity index (χ0v) is 16.2. The number of rotatable bonds is 2. The molecule has 4 amide bonds. The SMILES string of the molecule is CN1C(=O)N(C)C(=O)C2(C1=O)/C(=C\c1ccccc1)C(=O)CC2c1ccccc1. The summed E-state index contributed by atoms with van der Waals surface area (Å²) in [5.41, 5.74) is -0.188. The zero-order valence-electron chi connectivity index (χ0n) is 16.2. The van der Waals surface area contributed by atoms with Gasteiger partial charge in [-0.05, 0) is 17.2 Å². The van der Waals surface area contributed by atoms with Gasteiger partial charge < -0.3 is 0 Å². The van der Waals surface area contributed by atoms with Crippen molar-refractivity contribution in [1.82, 2.24) is 9.80 Å². The lowest BCUT2D eigenvalue weighted by Crippen LogP contribution is -2.64. The molecule has 0 aromatic heterocycles. The molecule has 0 bridgehead atoms. The van der Waals surface area contributed by atoms with Crippen LogP contribution in [0.5, 0.6) is 0 Å². The first-order chi connectivity index (χ1) is 13.9. The average molecular weight is 388 g/mol. The topological polar surface area (TPSA) is 74.8 Å². The molecule has 0 radical (unpaired) electrons. The number of benzene rings is 2. The van der Waals surface area contributed by atoms with Crippen molar-refractivity contribution < 1.29 is 19.2 Å². The molecule has 1 aliphatic carbocycles. The number of imide groups is 2. The van der Waals surface area contributed by atoms with E-state index in [0.29, 0.717) is 5.56 Å². The van der Waals surface area contributed by atoms with Crippen molar-refractivity contribution in [2.45, 2.75) is 12.3 Å². The van der Waals surface area contributed by atoms with Crippen LogP contribution in [-0.4, -0.2) is 47.5 Å². The molecule has 2 aliphatic rings. The van der Waals surface area contributed by atoms with Crippen molar-refractivity contribution in [2.75, 3.05) is 14.1 Å². The van der Waals surface area contributed by atoms with Crippen LogP contribution in [0.25, 0.3) is 6.08 Å². The molecule has 2 aromatic rings. The first-order valence-corrected chi connectivity index (χ1v) is 9.34. The molecule has 0 N–H and O–H groups in total.